The van der Waals surface area contributed by atoms with Gasteiger partial charge >= 0.3 is 0 Å². The van der Waals surface area contributed by atoms with Crippen LogP contribution in [0.25, 0.3) is 0 Å². The normalized spacial score (nSPS) is 19.1. The van der Waals surface area contributed by atoms with Gasteiger partial charge in [0.1, 0.15) is 6.04 Å². The Hall–Kier alpha value is -0.870. The van der Waals surface area contributed by atoms with Crippen molar-refractivity contribution in [2.45, 2.75) is 38.8 Å². The maximum atomic E-state index is 12.0. The highest BCUT2D eigenvalue weighted by molar-refractivity contribution is 9.10. The van der Waals surface area contributed by atoms with E-state index in [9.17, 15) is 4.79 Å². The predicted molar refractivity (Wildman–Crippen MR) is 73.0 cm³/mol. The summed E-state index contributed by atoms with van der Waals surface area (Å²) in [7, 11) is 0. The molecule has 1 aromatic carbocycles. The molecule has 1 atom stereocenters. The molecule has 0 aromatic heterocycles. The van der Waals surface area contributed by atoms with Gasteiger partial charge < -0.3 is 5.32 Å². The molecule has 0 aliphatic carbocycles. The van der Waals surface area contributed by atoms with Crippen molar-refractivity contribution in [3.05, 3.63) is 28.2 Å². The Labute approximate surface area is 110 Å². The summed E-state index contributed by atoms with van der Waals surface area (Å²) in [5.74, 6) is 0.0217. The number of carbonyl (C=O) groups is 1. The first-order valence-corrected chi connectivity index (χ1v) is 6.61. The van der Waals surface area contributed by atoms with E-state index in [2.05, 4.69) is 47.3 Å². The molecule has 1 heterocycles. The number of hydrogen-bond donors (Lipinski definition) is 2. The van der Waals surface area contributed by atoms with Gasteiger partial charge in [0.2, 0.25) is 5.91 Å². The van der Waals surface area contributed by atoms with E-state index in [-0.39, 0.29) is 17.5 Å². The summed E-state index contributed by atoms with van der Waals surface area (Å²) in [6, 6.07) is 5.55. The van der Waals surface area contributed by atoms with Gasteiger partial charge in [-0.1, -0.05) is 28.9 Å². The van der Waals surface area contributed by atoms with E-state index in [0.717, 1.165) is 22.1 Å². The van der Waals surface area contributed by atoms with Gasteiger partial charge in [0, 0.05) is 21.3 Å². The van der Waals surface area contributed by atoms with Crippen molar-refractivity contribution in [1.82, 2.24) is 5.32 Å². The van der Waals surface area contributed by atoms with Gasteiger partial charge in [0.25, 0.3) is 0 Å². The lowest BCUT2D eigenvalue weighted by Crippen LogP contribution is -2.43. The van der Waals surface area contributed by atoms with E-state index in [0.29, 0.717) is 0 Å². The maximum Gasteiger partial charge on any atom is 0.246 e. The highest BCUT2D eigenvalue weighted by atomic mass is 79.9. The molecule has 0 fully saturated rings. The number of anilines is 1. The first-order chi connectivity index (χ1) is 7.94. The second-order valence-corrected chi connectivity index (χ2v) is 5.86. The molecule has 0 saturated carbocycles. The number of halogens is 1. The minimum atomic E-state index is -0.268. The maximum absolute atomic E-state index is 12.0. The average Bonchev–Trinajstić information content (AvgIpc) is 2.56. The summed E-state index contributed by atoms with van der Waals surface area (Å²) < 4.78 is 0.970. The molecular formula is C13H17BrN2O. The van der Waals surface area contributed by atoms with Crippen molar-refractivity contribution < 1.29 is 4.79 Å². The summed E-state index contributed by atoms with van der Waals surface area (Å²) >= 11 is 3.51. The minimum Gasteiger partial charge on any atom is -0.324 e. The van der Waals surface area contributed by atoms with Gasteiger partial charge in [-0.2, -0.15) is 0 Å². The number of carbonyl (C=O) groups excluding carboxylic acids is 1. The zero-order valence-electron chi connectivity index (χ0n) is 10.3. The number of rotatable bonds is 3. The molecule has 0 bridgehead atoms. The van der Waals surface area contributed by atoms with Crippen LogP contribution in [0.2, 0.25) is 0 Å². The van der Waals surface area contributed by atoms with Gasteiger partial charge in [0.05, 0.1) is 0 Å². The Morgan fingerprint density at radius 2 is 2.18 bits per heavy atom. The zero-order valence-corrected chi connectivity index (χ0v) is 11.9. The first kappa shape index (κ1) is 12.6. The van der Waals surface area contributed by atoms with E-state index in [1.54, 1.807) is 0 Å². The molecule has 1 aliphatic heterocycles. The third-order valence-corrected chi connectivity index (χ3v) is 3.97. The van der Waals surface area contributed by atoms with Crippen LogP contribution in [0.5, 0.6) is 0 Å². The van der Waals surface area contributed by atoms with Crippen molar-refractivity contribution in [2.75, 3.05) is 5.32 Å². The van der Waals surface area contributed by atoms with Crippen molar-refractivity contribution in [3.63, 3.8) is 0 Å². The number of nitrogens with one attached hydrogen (secondary N) is 2. The molecule has 0 saturated heterocycles. The van der Waals surface area contributed by atoms with Crippen molar-refractivity contribution in [3.8, 4) is 0 Å². The Morgan fingerprint density at radius 1 is 1.47 bits per heavy atom. The summed E-state index contributed by atoms with van der Waals surface area (Å²) in [5.41, 5.74) is 1.85. The predicted octanol–water partition coefficient (Wildman–Crippen LogP) is 3.22. The molecule has 0 spiro atoms. The lowest BCUT2D eigenvalue weighted by atomic mass is 9.98. The third kappa shape index (κ3) is 2.38. The fourth-order valence-electron chi connectivity index (χ4n) is 1.91. The van der Waals surface area contributed by atoms with Gasteiger partial charge in [-0.3, -0.25) is 10.1 Å². The van der Waals surface area contributed by atoms with Crippen LogP contribution in [0.1, 0.15) is 38.8 Å². The van der Waals surface area contributed by atoms with Crippen molar-refractivity contribution in [1.29, 1.82) is 0 Å². The molecule has 4 heteroatoms. The fourth-order valence-corrected chi connectivity index (χ4v) is 2.50. The molecule has 2 N–H and O–H groups in total. The zero-order chi connectivity index (χ0) is 12.6. The number of amides is 1. The summed E-state index contributed by atoms with van der Waals surface area (Å²) in [4.78, 5) is 12.0. The summed E-state index contributed by atoms with van der Waals surface area (Å²) in [6.07, 6.45) is 0.969. The molecule has 1 unspecified atom stereocenters. The molecule has 1 amide bonds. The SMILES string of the molecule is CCC(C)(C)NC1C(=O)Nc2cccc(Br)c21. The smallest absolute Gasteiger partial charge is 0.246 e. The van der Waals surface area contributed by atoms with Gasteiger partial charge in [0.15, 0.2) is 0 Å². The molecule has 17 heavy (non-hydrogen) atoms. The second kappa shape index (κ2) is 4.42. The van der Waals surface area contributed by atoms with Gasteiger partial charge in [-0.25, -0.2) is 0 Å². The van der Waals surface area contributed by atoms with Gasteiger partial charge in [-0.15, -0.1) is 0 Å². The highest BCUT2D eigenvalue weighted by Crippen LogP contribution is 2.37. The average molecular weight is 297 g/mol. The number of hydrogen-bond acceptors (Lipinski definition) is 2. The standard InChI is InChI=1S/C13H17BrN2O/c1-4-13(2,3)16-11-10-8(14)6-5-7-9(10)15-12(11)17/h5-7,11,16H,4H2,1-3H3,(H,15,17). The quantitative estimate of drug-likeness (QED) is 0.899. The lowest BCUT2D eigenvalue weighted by Gasteiger charge is -2.28. The fraction of sp³-hybridized carbons (Fsp3) is 0.462. The van der Waals surface area contributed by atoms with E-state index < -0.39 is 0 Å². The Bertz CT molecular complexity index is 457. The third-order valence-electron chi connectivity index (χ3n) is 3.28. The van der Waals surface area contributed by atoms with Crippen LogP contribution >= 0.6 is 15.9 Å². The molecule has 1 aromatic rings. The van der Waals surface area contributed by atoms with Crippen LogP contribution in [0.4, 0.5) is 5.69 Å². The Kier molecular flexibility index (Phi) is 3.27. The lowest BCUT2D eigenvalue weighted by molar-refractivity contribution is -0.118. The van der Waals surface area contributed by atoms with E-state index in [1.165, 1.54) is 0 Å². The van der Waals surface area contributed by atoms with Crippen molar-refractivity contribution >= 4 is 27.5 Å². The summed E-state index contributed by atoms with van der Waals surface area (Å²) in [5, 5.41) is 6.31. The van der Waals surface area contributed by atoms with E-state index in [4.69, 9.17) is 0 Å². The Morgan fingerprint density at radius 3 is 2.82 bits per heavy atom. The van der Waals surface area contributed by atoms with Crippen LogP contribution < -0.4 is 10.6 Å². The molecule has 3 nitrogen and oxygen atoms in total. The molecule has 2 rings (SSSR count). The van der Waals surface area contributed by atoms with Crippen LogP contribution in [0.15, 0.2) is 22.7 Å². The Balaban J connectivity index is 2.35. The molecule has 92 valence electrons. The largest absolute Gasteiger partial charge is 0.324 e. The molecular weight excluding hydrogens is 280 g/mol. The van der Waals surface area contributed by atoms with Crippen LogP contribution in [0, 0.1) is 0 Å². The van der Waals surface area contributed by atoms with E-state index in [1.807, 2.05) is 18.2 Å². The van der Waals surface area contributed by atoms with Crippen LogP contribution in [0.3, 0.4) is 0 Å². The number of benzene rings is 1. The molecule has 0 radical (unpaired) electrons. The van der Waals surface area contributed by atoms with Crippen LogP contribution in [-0.2, 0) is 4.79 Å². The van der Waals surface area contributed by atoms with Crippen molar-refractivity contribution in [2.24, 2.45) is 0 Å². The molecule has 1 aliphatic rings. The number of fused-ring (bicyclic) bond motifs is 1. The summed E-state index contributed by atoms with van der Waals surface area (Å²) in [6.45, 7) is 6.32. The van der Waals surface area contributed by atoms with E-state index >= 15 is 0 Å². The topological polar surface area (TPSA) is 41.1 Å². The minimum absolute atomic E-state index is 0.0217. The van der Waals surface area contributed by atoms with Crippen LogP contribution in [-0.4, -0.2) is 11.4 Å². The monoisotopic (exact) mass is 296 g/mol. The second-order valence-electron chi connectivity index (χ2n) is 5.01. The highest BCUT2D eigenvalue weighted by Gasteiger charge is 2.35. The van der Waals surface area contributed by atoms with Gasteiger partial charge in [-0.05, 0) is 32.4 Å². The first-order valence-electron chi connectivity index (χ1n) is 5.81.